The first-order valence-electron chi connectivity index (χ1n) is 9.09. The lowest BCUT2D eigenvalue weighted by Gasteiger charge is -2.32. The Labute approximate surface area is 174 Å². The molecule has 2 aliphatic rings. The van der Waals surface area contributed by atoms with Crippen LogP contribution in [0, 0.1) is 0 Å². The van der Waals surface area contributed by atoms with Gasteiger partial charge in [-0.25, -0.2) is 5.01 Å². The summed E-state index contributed by atoms with van der Waals surface area (Å²) in [5.41, 5.74) is 3.73. The molecule has 2 amide bonds. The summed E-state index contributed by atoms with van der Waals surface area (Å²) >= 11 is 6.60. The summed E-state index contributed by atoms with van der Waals surface area (Å²) in [6.45, 7) is 3.70. The Balaban J connectivity index is 1.56. The van der Waals surface area contributed by atoms with E-state index in [2.05, 4.69) is 17.4 Å². The maximum absolute atomic E-state index is 12.7. The number of nitrogens with one attached hydrogen (secondary N) is 1. The smallest absolute Gasteiger partial charge is 0.266 e. The lowest BCUT2D eigenvalue weighted by molar-refractivity contribution is -0.127. The molecule has 1 N–H and O–H groups in total. The summed E-state index contributed by atoms with van der Waals surface area (Å²) in [6, 6.07) is 7.49. The molecule has 0 aromatic heterocycles. The van der Waals surface area contributed by atoms with Crippen molar-refractivity contribution in [1.82, 2.24) is 20.2 Å². The molecule has 0 unspecified atom stereocenters. The van der Waals surface area contributed by atoms with Crippen molar-refractivity contribution in [3.05, 3.63) is 34.7 Å². The lowest BCUT2D eigenvalue weighted by atomic mass is 10.2. The van der Waals surface area contributed by atoms with E-state index in [1.807, 2.05) is 29.3 Å². The number of piperazine rings is 1. The zero-order chi connectivity index (χ0) is 20.1. The molecule has 0 radical (unpaired) electrons. The number of ether oxygens (including phenoxy) is 1. The Bertz CT molecular complexity index is 791. The predicted octanol–water partition coefficient (Wildman–Crippen LogP) is 1.57. The van der Waals surface area contributed by atoms with Crippen molar-refractivity contribution >= 4 is 46.2 Å². The molecular formula is C19H24N4O3S2. The first-order chi connectivity index (χ1) is 13.5. The van der Waals surface area contributed by atoms with Crippen LogP contribution in [0.25, 0.3) is 6.08 Å². The Morgan fingerprint density at radius 2 is 2.00 bits per heavy atom. The van der Waals surface area contributed by atoms with Gasteiger partial charge in [-0.2, -0.15) is 0 Å². The number of hydrazine groups is 1. The molecule has 2 fully saturated rings. The van der Waals surface area contributed by atoms with Crippen LogP contribution in [0.15, 0.2) is 29.2 Å². The number of carbonyl (C=O) groups is 2. The van der Waals surface area contributed by atoms with Gasteiger partial charge in [-0.15, -0.1) is 0 Å². The molecule has 2 aliphatic heterocycles. The van der Waals surface area contributed by atoms with Gasteiger partial charge >= 0.3 is 0 Å². The molecule has 0 spiro atoms. The minimum atomic E-state index is -0.173. The van der Waals surface area contributed by atoms with Gasteiger partial charge in [0.15, 0.2) is 0 Å². The Hall–Kier alpha value is -1.94. The summed E-state index contributed by atoms with van der Waals surface area (Å²) in [6.07, 6.45) is 1.99. The van der Waals surface area contributed by atoms with Crippen LogP contribution < -0.4 is 10.2 Å². The second-order valence-electron chi connectivity index (χ2n) is 6.65. The molecular weight excluding hydrogens is 396 g/mol. The molecule has 28 heavy (non-hydrogen) atoms. The number of hydrogen-bond acceptors (Lipinski definition) is 7. The topological polar surface area (TPSA) is 65.1 Å². The molecule has 0 aliphatic carbocycles. The number of amides is 2. The molecule has 3 rings (SSSR count). The molecule has 2 heterocycles. The van der Waals surface area contributed by atoms with Crippen LogP contribution in [0.4, 0.5) is 0 Å². The van der Waals surface area contributed by atoms with Crippen molar-refractivity contribution < 1.29 is 14.3 Å². The third-order valence-electron chi connectivity index (χ3n) is 4.65. The van der Waals surface area contributed by atoms with Gasteiger partial charge in [0.25, 0.3) is 5.91 Å². The monoisotopic (exact) mass is 420 g/mol. The van der Waals surface area contributed by atoms with Crippen molar-refractivity contribution in [3.63, 3.8) is 0 Å². The molecule has 9 heteroatoms. The average molecular weight is 421 g/mol. The molecule has 150 valence electrons. The van der Waals surface area contributed by atoms with Crippen LogP contribution >= 0.6 is 24.0 Å². The standard InChI is InChI=1S/C19H24N4O3S2/c1-21-9-11-22(12-10-21)20-17(24)7-8-23-18(25)16(28-19(23)27)13-14-5-3-4-6-15(14)26-2/h3-6,13H,7-12H2,1-2H3,(H,20,24). The Morgan fingerprint density at radius 1 is 1.29 bits per heavy atom. The minimum Gasteiger partial charge on any atom is -0.496 e. The van der Waals surface area contributed by atoms with Crippen LogP contribution in [0.5, 0.6) is 5.75 Å². The maximum atomic E-state index is 12.7. The van der Waals surface area contributed by atoms with Crippen molar-refractivity contribution in [1.29, 1.82) is 0 Å². The summed E-state index contributed by atoms with van der Waals surface area (Å²) in [7, 11) is 3.66. The number of thiocarbonyl (C=S) groups is 1. The second-order valence-corrected chi connectivity index (χ2v) is 8.33. The molecule has 0 saturated carbocycles. The van der Waals surface area contributed by atoms with Gasteiger partial charge in [0.1, 0.15) is 10.1 Å². The van der Waals surface area contributed by atoms with Gasteiger partial charge in [-0.3, -0.25) is 19.9 Å². The number of nitrogens with zero attached hydrogens (tertiary/aromatic N) is 3. The number of benzene rings is 1. The first kappa shape index (κ1) is 20.8. The van der Waals surface area contributed by atoms with E-state index >= 15 is 0 Å². The molecule has 7 nitrogen and oxygen atoms in total. The van der Waals surface area contributed by atoms with E-state index in [4.69, 9.17) is 17.0 Å². The van der Waals surface area contributed by atoms with E-state index in [9.17, 15) is 9.59 Å². The van der Waals surface area contributed by atoms with Crippen LogP contribution in [-0.4, -0.2) is 77.8 Å². The third kappa shape index (κ3) is 5.11. The van der Waals surface area contributed by atoms with Gasteiger partial charge in [0, 0.05) is 44.7 Å². The summed E-state index contributed by atoms with van der Waals surface area (Å²) in [5.74, 6) is 0.417. The van der Waals surface area contributed by atoms with Crippen LogP contribution in [-0.2, 0) is 9.59 Å². The Kier molecular flexibility index (Phi) is 7.06. The van der Waals surface area contributed by atoms with Crippen LogP contribution in [0.2, 0.25) is 0 Å². The highest BCUT2D eigenvalue weighted by Crippen LogP contribution is 2.34. The highest BCUT2D eigenvalue weighted by Gasteiger charge is 2.32. The third-order valence-corrected chi connectivity index (χ3v) is 6.03. The highest BCUT2D eigenvalue weighted by molar-refractivity contribution is 8.26. The van der Waals surface area contributed by atoms with Gasteiger partial charge in [-0.1, -0.05) is 42.2 Å². The molecule has 2 saturated heterocycles. The van der Waals surface area contributed by atoms with Crippen LogP contribution in [0.1, 0.15) is 12.0 Å². The largest absolute Gasteiger partial charge is 0.496 e. The fraction of sp³-hybridized carbons (Fsp3) is 0.421. The number of likely N-dealkylation sites (N-methyl/N-ethyl adjacent to an activating group) is 1. The van der Waals surface area contributed by atoms with E-state index < -0.39 is 0 Å². The molecule has 1 aromatic rings. The van der Waals surface area contributed by atoms with Crippen molar-refractivity contribution in [3.8, 4) is 5.75 Å². The number of thioether (sulfide) groups is 1. The number of carbonyl (C=O) groups excluding carboxylic acids is 2. The second kappa shape index (κ2) is 9.51. The quantitative estimate of drug-likeness (QED) is 0.554. The summed E-state index contributed by atoms with van der Waals surface area (Å²) in [5, 5.41) is 1.92. The van der Waals surface area contributed by atoms with Crippen LogP contribution in [0.3, 0.4) is 0 Å². The van der Waals surface area contributed by atoms with Crippen molar-refractivity contribution in [2.45, 2.75) is 6.42 Å². The van der Waals surface area contributed by atoms with Gasteiger partial charge < -0.3 is 9.64 Å². The molecule has 0 bridgehead atoms. The fourth-order valence-corrected chi connectivity index (χ4v) is 4.28. The SMILES string of the molecule is COc1ccccc1C=C1SC(=S)N(CCC(=O)NN2CCN(C)CC2)C1=O. The Morgan fingerprint density at radius 3 is 2.71 bits per heavy atom. The van der Waals surface area contributed by atoms with Gasteiger partial charge in [0.05, 0.1) is 12.0 Å². The molecule has 1 aromatic carbocycles. The minimum absolute atomic E-state index is 0.104. The van der Waals surface area contributed by atoms with E-state index in [0.29, 0.717) is 15.0 Å². The predicted molar refractivity (Wildman–Crippen MR) is 115 cm³/mol. The van der Waals surface area contributed by atoms with E-state index in [1.165, 1.54) is 16.7 Å². The zero-order valence-corrected chi connectivity index (χ0v) is 17.6. The fourth-order valence-electron chi connectivity index (χ4n) is 2.98. The summed E-state index contributed by atoms with van der Waals surface area (Å²) < 4.78 is 5.80. The average Bonchev–Trinajstić information content (AvgIpc) is 2.95. The lowest BCUT2D eigenvalue weighted by Crippen LogP contribution is -2.52. The van der Waals surface area contributed by atoms with E-state index in [-0.39, 0.29) is 24.8 Å². The van der Waals surface area contributed by atoms with Crippen molar-refractivity contribution in [2.75, 3.05) is 46.9 Å². The summed E-state index contributed by atoms with van der Waals surface area (Å²) in [4.78, 5) is 29.2. The van der Waals surface area contributed by atoms with Gasteiger partial charge in [-0.05, 0) is 19.2 Å². The van der Waals surface area contributed by atoms with E-state index in [1.54, 1.807) is 13.2 Å². The number of para-hydroxylation sites is 1. The normalized spacial score (nSPS) is 20.1. The highest BCUT2D eigenvalue weighted by atomic mass is 32.2. The zero-order valence-electron chi connectivity index (χ0n) is 16.0. The van der Waals surface area contributed by atoms with E-state index in [0.717, 1.165) is 31.7 Å². The first-order valence-corrected chi connectivity index (χ1v) is 10.3. The maximum Gasteiger partial charge on any atom is 0.266 e. The number of hydrogen-bond donors (Lipinski definition) is 1. The number of methoxy groups -OCH3 is 1. The number of rotatable bonds is 6. The molecule has 0 atom stereocenters. The van der Waals surface area contributed by atoms with Gasteiger partial charge in [0.2, 0.25) is 5.91 Å². The van der Waals surface area contributed by atoms with Crippen molar-refractivity contribution in [2.24, 2.45) is 0 Å².